The Morgan fingerprint density at radius 3 is 2.55 bits per heavy atom. The zero-order valence-electron chi connectivity index (χ0n) is 11.5. The number of carbonyl (C=O) groups excluding carboxylic acids is 1. The number of amides is 1. The molecule has 1 unspecified atom stereocenters. The lowest BCUT2D eigenvalue weighted by Crippen LogP contribution is -2.31. The maximum Gasteiger partial charge on any atom is 0.271 e. The molecule has 0 radical (unpaired) electrons. The maximum atomic E-state index is 12.3. The summed E-state index contributed by atoms with van der Waals surface area (Å²) in [5.74, 6) is -0.0437. The van der Waals surface area contributed by atoms with Crippen molar-refractivity contribution in [2.45, 2.75) is 20.3 Å². The van der Waals surface area contributed by atoms with Gasteiger partial charge >= 0.3 is 0 Å². The largest absolute Gasteiger partial charge is 0.341 e. The predicted molar refractivity (Wildman–Crippen MR) is 79.5 cm³/mol. The van der Waals surface area contributed by atoms with Crippen LogP contribution in [0.15, 0.2) is 12.1 Å². The molecule has 0 heterocycles. The van der Waals surface area contributed by atoms with E-state index in [1.807, 2.05) is 13.8 Å². The van der Waals surface area contributed by atoms with Crippen LogP contribution in [-0.4, -0.2) is 29.3 Å². The molecule has 0 aliphatic carbocycles. The summed E-state index contributed by atoms with van der Waals surface area (Å²) in [6.45, 7) is 4.60. The second-order valence-corrected chi connectivity index (χ2v) is 5.53. The molecule has 0 saturated heterocycles. The number of hydrogen-bond acceptors (Lipinski definition) is 3. The fraction of sp³-hybridized carbons (Fsp3) is 0.462. The van der Waals surface area contributed by atoms with Gasteiger partial charge in [-0.1, -0.05) is 43.5 Å². The molecule has 1 aromatic rings. The van der Waals surface area contributed by atoms with E-state index in [-0.39, 0.29) is 27.2 Å². The molecule has 1 aromatic carbocycles. The van der Waals surface area contributed by atoms with Crippen LogP contribution < -0.4 is 0 Å². The molecule has 0 aromatic heterocycles. The normalized spacial score (nSPS) is 12.1. The number of benzene rings is 1. The average molecular weight is 319 g/mol. The minimum absolute atomic E-state index is 0.00107. The lowest BCUT2D eigenvalue weighted by Gasteiger charge is -2.21. The van der Waals surface area contributed by atoms with Gasteiger partial charge in [0.05, 0.1) is 20.5 Å². The van der Waals surface area contributed by atoms with E-state index in [1.54, 1.807) is 7.05 Å². The van der Waals surface area contributed by atoms with E-state index in [1.165, 1.54) is 4.90 Å². The third kappa shape index (κ3) is 3.84. The second kappa shape index (κ2) is 6.90. The Labute approximate surface area is 127 Å². The number of hydrogen-bond donors (Lipinski definition) is 0. The van der Waals surface area contributed by atoms with Crippen molar-refractivity contribution in [3.8, 4) is 0 Å². The van der Waals surface area contributed by atoms with Crippen LogP contribution in [-0.2, 0) is 0 Å². The van der Waals surface area contributed by atoms with E-state index >= 15 is 0 Å². The SMILES string of the molecule is CCC(C)CN(C)C(=O)c1cc([N+](=O)[O-])cc(Cl)c1Cl. The van der Waals surface area contributed by atoms with Gasteiger partial charge in [-0.2, -0.15) is 0 Å². The molecule has 0 bridgehead atoms. The van der Waals surface area contributed by atoms with E-state index in [2.05, 4.69) is 0 Å². The van der Waals surface area contributed by atoms with Crippen LogP contribution >= 0.6 is 23.2 Å². The number of rotatable bonds is 5. The molecular formula is C13H16Cl2N2O3. The van der Waals surface area contributed by atoms with E-state index in [9.17, 15) is 14.9 Å². The van der Waals surface area contributed by atoms with Crippen LogP contribution in [0.1, 0.15) is 30.6 Å². The standard InChI is InChI=1S/C13H16Cl2N2O3/c1-4-8(2)7-16(3)13(18)10-5-9(17(19)20)6-11(14)12(10)15/h5-6,8H,4,7H2,1-3H3. The highest BCUT2D eigenvalue weighted by molar-refractivity contribution is 6.44. The van der Waals surface area contributed by atoms with Gasteiger partial charge in [0.15, 0.2) is 0 Å². The maximum absolute atomic E-state index is 12.3. The zero-order chi connectivity index (χ0) is 15.4. The van der Waals surface area contributed by atoms with Gasteiger partial charge in [0, 0.05) is 25.7 Å². The second-order valence-electron chi connectivity index (χ2n) is 4.75. The zero-order valence-corrected chi connectivity index (χ0v) is 13.0. The van der Waals surface area contributed by atoms with Gasteiger partial charge in [0.1, 0.15) is 0 Å². The van der Waals surface area contributed by atoms with Crippen molar-refractivity contribution in [2.75, 3.05) is 13.6 Å². The molecule has 0 fully saturated rings. The van der Waals surface area contributed by atoms with Crippen molar-refractivity contribution in [3.05, 3.63) is 37.9 Å². The van der Waals surface area contributed by atoms with Crippen LogP contribution in [0.25, 0.3) is 0 Å². The average Bonchev–Trinajstić information content (AvgIpc) is 2.40. The first kappa shape index (κ1) is 16.7. The van der Waals surface area contributed by atoms with Gasteiger partial charge in [-0.15, -0.1) is 0 Å². The summed E-state index contributed by atoms with van der Waals surface area (Å²) in [5, 5.41) is 10.9. The summed E-state index contributed by atoms with van der Waals surface area (Å²) >= 11 is 11.8. The summed E-state index contributed by atoms with van der Waals surface area (Å²) in [6.07, 6.45) is 0.932. The van der Waals surface area contributed by atoms with Crippen molar-refractivity contribution < 1.29 is 9.72 Å². The van der Waals surface area contributed by atoms with Crippen LogP contribution in [0.2, 0.25) is 10.0 Å². The van der Waals surface area contributed by atoms with E-state index in [4.69, 9.17) is 23.2 Å². The molecule has 20 heavy (non-hydrogen) atoms. The molecule has 7 heteroatoms. The first-order chi connectivity index (χ1) is 9.27. The molecule has 0 aliphatic rings. The number of nitro groups is 1. The number of non-ortho nitro benzene ring substituents is 1. The lowest BCUT2D eigenvalue weighted by atomic mass is 10.1. The van der Waals surface area contributed by atoms with Crippen LogP contribution in [0.4, 0.5) is 5.69 Å². The topological polar surface area (TPSA) is 63.5 Å². The van der Waals surface area contributed by atoms with Crippen molar-refractivity contribution >= 4 is 34.8 Å². The third-order valence-electron chi connectivity index (χ3n) is 3.08. The molecular weight excluding hydrogens is 303 g/mol. The molecule has 0 spiro atoms. The number of carbonyl (C=O) groups is 1. The van der Waals surface area contributed by atoms with Crippen LogP contribution in [0, 0.1) is 16.0 Å². The molecule has 1 atom stereocenters. The molecule has 110 valence electrons. The molecule has 0 N–H and O–H groups in total. The number of nitrogens with zero attached hydrogens (tertiary/aromatic N) is 2. The lowest BCUT2D eigenvalue weighted by molar-refractivity contribution is -0.384. The van der Waals surface area contributed by atoms with E-state index < -0.39 is 4.92 Å². The molecule has 1 rings (SSSR count). The van der Waals surface area contributed by atoms with Crippen molar-refractivity contribution in [3.63, 3.8) is 0 Å². The summed E-state index contributed by atoms with van der Waals surface area (Å²) < 4.78 is 0. The fourth-order valence-corrected chi connectivity index (χ4v) is 2.12. The smallest absolute Gasteiger partial charge is 0.271 e. The Kier molecular flexibility index (Phi) is 5.77. The minimum atomic E-state index is -0.604. The molecule has 1 amide bonds. The fourth-order valence-electron chi connectivity index (χ4n) is 1.72. The summed E-state index contributed by atoms with van der Waals surface area (Å²) in [6, 6.07) is 2.29. The van der Waals surface area contributed by atoms with Crippen molar-refractivity contribution in [1.82, 2.24) is 4.90 Å². The van der Waals surface area contributed by atoms with Crippen LogP contribution in [0.3, 0.4) is 0 Å². The van der Waals surface area contributed by atoms with Gasteiger partial charge in [-0.3, -0.25) is 14.9 Å². The predicted octanol–water partition coefficient (Wildman–Crippen LogP) is 4.02. The van der Waals surface area contributed by atoms with Crippen LogP contribution in [0.5, 0.6) is 0 Å². The third-order valence-corrected chi connectivity index (χ3v) is 3.89. The summed E-state index contributed by atoms with van der Waals surface area (Å²) in [7, 11) is 1.64. The van der Waals surface area contributed by atoms with Crippen molar-refractivity contribution in [2.24, 2.45) is 5.92 Å². The highest BCUT2D eigenvalue weighted by Gasteiger charge is 2.22. The monoisotopic (exact) mass is 318 g/mol. The minimum Gasteiger partial charge on any atom is -0.341 e. The molecule has 0 saturated carbocycles. The van der Waals surface area contributed by atoms with E-state index in [0.717, 1.165) is 18.6 Å². The van der Waals surface area contributed by atoms with Crippen molar-refractivity contribution in [1.29, 1.82) is 0 Å². The van der Waals surface area contributed by atoms with Gasteiger partial charge in [0.25, 0.3) is 11.6 Å². The van der Waals surface area contributed by atoms with Gasteiger partial charge in [-0.25, -0.2) is 0 Å². The Morgan fingerprint density at radius 2 is 2.05 bits per heavy atom. The highest BCUT2D eigenvalue weighted by atomic mass is 35.5. The number of nitro benzene ring substituents is 1. The molecule has 5 nitrogen and oxygen atoms in total. The Balaban J connectivity index is 3.12. The first-order valence-corrected chi connectivity index (χ1v) is 6.92. The van der Waals surface area contributed by atoms with Gasteiger partial charge in [0.2, 0.25) is 0 Å². The Bertz CT molecular complexity index is 535. The van der Waals surface area contributed by atoms with Gasteiger partial charge < -0.3 is 4.90 Å². The Morgan fingerprint density at radius 1 is 1.45 bits per heavy atom. The quantitative estimate of drug-likeness (QED) is 0.608. The van der Waals surface area contributed by atoms with E-state index in [0.29, 0.717) is 12.5 Å². The summed E-state index contributed by atoms with van der Waals surface area (Å²) in [4.78, 5) is 24.0. The van der Waals surface area contributed by atoms with Gasteiger partial charge in [-0.05, 0) is 5.92 Å². The highest BCUT2D eigenvalue weighted by Crippen LogP contribution is 2.31. The number of halogens is 2. The molecule has 0 aliphatic heterocycles. The Hall–Kier alpha value is -1.33. The summed E-state index contributed by atoms with van der Waals surface area (Å²) in [5.41, 5.74) is -0.198. The first-order valence-electron chi connectivity index (χ1n) is 6.16.